The van der Waals surface area contributed by atoms with Crippen molar-refractivity contribution in [2.24, 2.45) is 0 Å². The van der Waals surface area contributed by atoms with E-state index in [9.17, 15) is 4.79 Å². The van der Waals surface area contributed by atoms with Crippen LogP contribution in [0.4, 0.5) is 0 Å². The summed E-state index contributed by atoms with van der Waals surface area (Å²) in [5, 5.41) is 0. The van der Waals surface area contributed by atoms with Gasteiger partial charge in [-0.1, -0.05) is 12.2 Å². The van der Waals surface area contributed by atoms with E-state index in [1.807, 2.05) is 12.1 Å². The Bertz CT molecular complexity index is 308. The molecule has 13 heavy (non-hydrogen) atoms. The second-order valence-electron chi connectivity index (χ2n) is 2.44. The van der Waals surface area contributed by atoms with Gasteiger partial charge >= 0.3 is 0 Å². The Hall–Kier alpha value is -1.64. The lowest BCUT2D eigenvalue weighted by molar-refractivity contribution is -0.107. The second kappa shape index (κ2) is 5.09. The fourth-order valence-corrected chi connectivity index (χ4v) is 0.900. The Labute approximate surface area is 77.1 Å². The summed E-state index contributed by atoms with van der Waals surface area (Å²) >= 11 is 0. The largest absolute Gasteiger partial charge is 0.481 e. The number of methoxy groups -OCH3 is 1. The molecule has 0 bridgehead atoms. The van der Waals surface area contributed by atoms with E-state index in [0.717, 1.165) is 11.8 Å². The normalized spacial score (nSPS) is 10.2. The summed E-state index contributed by atoms with van der Waals surface area (Å²) in [6, 6.07) is 3.66. The van der Waals surface area contributed by atoms with Crippen molar-refractivity contribution < 1.29 is 9.53 Å². The van der Waals surface area contributed by atoms with Crippen LogP contribution < -0.4 is 4.74 Å². The van der Waals surface area contributed by atoms with E-state index in [1.54, 1.807) is 25.4 Å². The second-order valence-corrected chi connectivity index (χ2v) is 2.44. The standard InChI is InChI=1S/C10H11NO2/c1-13-10-8-9(5-6-11-10)4-2-3-7-12/h2,4-8H,3H2,1H3. The van der Waals surface area contributed by atoms with Crippen LogP contribution >= 0.6 is 0 Å². The minimum Gasteiger partial charge on any atom is -0.481 e. The molecule has 1 aromatic rings. The van der Waals surface area contributed by atoms with Crippen molar-refractivity contribution in [1.29, 1.82) is 0 Å². The molecule has 3 nitrogen and oxygen atoms in total. The lowest BCUT2D eigenvalue weighted by Crippen LogP contribution is -1.86. The molecule has 3 heteroatoms. The van der Waals surface area contributed by atoms with Crippen LogP contribution in [0.25, 0.3) is 6.08 Å². The number of hydrogen-bond acceptors (Lipinski definition) is 3. The van der Waals surface area contributed by atoms with E-state index in [4.69, 9.17) is 4.74 Å². The third-order valence-corrected chi connectivity index (χ3v) is 1.51. The molecule has 0 aliphatic heterocycles. The minimum absolute atomic E-state index is 0.435. The SMILES string of the molecule is COc1cc(C=CCC=O)ccn1. The van der Waals surface area contributed by atoms with Gasteiger partial charge in [0, 0.05) is 18.7 Å². The van der Waals surface area contributed by atoms with Crippen LogP contribution in [-0.2, 0) is 4.79 Å². The van der Waals surface area contributed by atoms with Crippen LogP contribution in [0.5, 0.6) is 5.88 Å². The molecule has 0 saturated heterocycles. The van der Waals surface area contributed by atoms with Crippen LogP contribution in [-0.4, -0.2) is 18.4 Å². The number of aromatic nitrogens is 1. The fraction of sp³-hybridized carbons (Fsp3) is 0.200. The number of hydrogen-bond donors (Lipinski definition) is 0. The van der Waals surface area contributed by atoms with Gasteiger partial charge in [-0.25, -0.2) is 4.98 Å². The first-order chi connectivity index (χ1) is 6.36. The molecule has 0 atom stereocenters. The topological polar surface area (TPSA) is 39.2 Å². The molecule has 0 N–H and O–H groups in total. The van der Waals surface area contributed by atoms with Crippen LogP contribution in [0, 0.1) is 0 Å². The number of aldehydes is 1. The van der Waals surface area contributed by atoms with Crippen molar-refractivity contribution >= 4 is 12.4 Å². The van der Waals surface area contributed by atoms with Crippen molar-refractivity contribution in [3.05, 3.63) is 30.0 Å². The highest BCUT2D eigenvalue weighted by Gasteiger charge is 1.91. The summed E-state index contributed by atoms with van der Waals surface area (Å²) in [4.78, 5) is 14.0. The molecular weight excluding hydrogens is 166 g/mol. The number of rotatable bonds is 4. The third kappa shape index (κ3) is 3.07. The summed E-state index contributed by atoms with van der Waals surface area (Å²) in [6.07, 6.45) is 6.61. The molecule has 1 heterocycles. The van der Waals surface area contributed by atoms with Gasteiger partial charge in [0.15, 0.2) is 0 Å². The molecule has 0 aliphatic carbocycles. The molecule has 0 spiro atoms. The van der Waals surface area contributed by atoms with Gasteiger partial charge in [0.2, 0.25) is 5.88 Å². The minimum atomic E-state index is 0.435. The molecule has 0 aromatic carbocycles. The maximum absolute atomic E-state index is 10.0. The molecule has 0 saturated carbocycles. The third-order valence-electron chi connectivity index (χ3n) is 1.51. The van der Waals surface area contributed by atoms with Gasteiger partial charge < -0.3 is 9.53 Å². The number of pyridine rings is 1. The maximum Gasteiger partial charge on any atom is 0.213 e. The molecule has 0 amide bonds. The Morgan fingerprint density at radius 1 is 1.62 bits per heavy atom. The number of allylic oxidation sites excluding steroid dienone is 1. The Morgan fingerprint density at radius 3 is 3.15 bits per heavy atom. The van der Waals surface area contributed by atoms with Crippen molar-refractivity contribution in [2.45, 2.75) is 6.42 Å². The van der Waals surface area contributed by atoms with Gasteiger partial charge in [0.1, 0.15) is 6.29 Å². The van der Waals surface area contributed by atoms with Crippen molar-refractivity contribution in [3.63, 3.8) is 0 Å². The number of carbonyl (C=O) groups is 1. The van der Waals surface area contributed by atoms with Gasteiger partial charge in [-0.3, -0.25) is 0 Å². The van der Waals surface area contributed by atoms with E-state index in [2.05, 4.69) is 4.98 Å². The van der Waals surface area contributed by atoms with Crippen LogP contribution in [0.1, 0.15) is 12.0 Å². The van der Waals surface area contributed by atoms with Gasteiger partial charge in [0.25, 0.3) is 0 Å². The highest BCUT2D eigenvalue weighted by molar-refractivity contribution is 5.58. The summed E-state index contributed by atoms with van der Waals surface area (Å²) < 4.78 is 4.95. The molecular formula is C10H11NO2. The Balaban J connectivity index is 2.71. The van der Waals surface area contributed by atoms with Crippen molar-refractivity contribution in [2.75, 3.05) is 7.11 Å². The lowest BCUT2D eigenvalue weighted by atomic mass is 10.2. The first-order valence-corrected chi connectivity index (χ1v) is 3.97. The highest BCUT2D eigenvalue weighted by atomic mass is 16.5. The number of ether oxygens (including phenoxy) is 1. The van der Waals surface area contributed by atoms with Gasteiger partial charge in [-0.05, 0) is 11.6 Å². The molecule has 1 aromatic heterocycles. The smallest absolute Gasteiger partial charge is 0.213 e. The highest BCUT2D eigenvalue weighted by Crippen LogP contribution is 2.09. The predicted octanol–water partition coefficient (Wildman–Crippen LogP) is 1.69. The van der Waals surface area contributed by atoms with Gasteiger partial charge in [-0.2, -0.15) is 0 Å². The van der Waals surface area contributed by atoms with Crippen LogP contribution in [0.2, 0.25) is 0 Å². The molecule has 0 radical (unpaired) electrons. The zero-order valence-electron chi connectivity index (χ0n) is 7.43. The van der Waals surface area contributed by atoms with E-state index in [0.29, 0.717) is 12.3 Å². The first-order valence-electron chi connectivity index (χ1n) is 3.97. The molecule has 0 aliphatic rings. The molecule has 68 valence electrons. The maximum atomic E-state index is 10.0. The summed E-state index contributed by atoms with van der Waals surface area (Å²) in [5.41, 5.74) is 0.980. The molecule has 0 unspecified atom stereocenters. The van der Waals surface area contributed by atoms with E-state index in [-0.39, 0.29) is 0 Å². The van der Waals surface area contributed by atoms with E-state index < -0.39 is 0 Å². The van der Waals surface area contributed by atoms with Crippen molar-refractivity contribution in [3.8, 4) is 5.88 Å². The monoisotopic (exact) mass is 177 g/mol. The van der Waals surface area contributed by atoms with E-state index >= 15 is 0 Å². The van der Waals surface area contributed by atoms with Crippen LogP contribution in [0.15, 0.2) is 24.4 Å². The Morgan fingerprint density at radius 2 is 2.46 bits per heavy atom. The summed E-state index contributed by atoms with van der Waals surface area (Å²) in [7, 11) is 1.57. The first kappa shape index (κ1) is 9.45. The summed E-state index contributed by atoms with van der Waals surface area (Å²) in [6.45, 7) is 0. The zero-order valence-corrected chi connectivity index (χ0v) is 7.43. The van der Waals surface area contributed by atoms with Crippen molar-refractivity contribution in [1.82, 2.24) is 4.98 Å². The average molecular weight is 177 g/mol. The number of carbonyl (C=O) groups excluding carboxylic acids is 1. The van der Waals surface area contributed by atoms with Gasteiger partial charge in [-0.15, -0.1) is 0 Å². The van der Waals surface area contributed by atoms with Gasteiger partial charge in [0.05, 0.1) is 7.11 Å². The lowest BCUT2D eigenvalue weighted by Gasteiger charge is -1.97. The average Bonchev–Trinajstić information content (AvgIpc) is 2.19. The quantitative estimate of drug-likeness (QED) is 0.657. The van der Waals surface area contributed by atoms with Crippen LogP contribution in [0.3, 0.4) is 0 Å². The molecule has 1 rings (SSSR count). The fourth-order valence-electron chi connectivity index (χ4n) is 0.900. The predicted molar refractivity (Wildman–Crippen MR) is 50.5 cm³/mol. The zero-order chi connectivity index (χ0) is 9.52. The Kier molecular flexibility index (Phi) is 3.70. The molecule has 0 fully saturated rings. The number of nitrogens with zero attached hydrogens (tertiary/aromatic N) is 1. The summed E-state index contributed by atoms with van der Waals surface area (Å²) in [5.74, 6) is 0.577. The van der Waals surface area contributed by atoms with E-state index in [1.165, 1.54) is 0 Å².